The third-order valence-electron chi connectivity index (χ3n) is 2.85. The first-order valence-electron chi connectivity index (χ1n) is 5.59. The fraction of sp³-hybridized carbons (Fsp3) is 0.462. The number of nitrogens with zero attached hydrogens (tertiary/aromatic N) is 1. The van der Waals surface area contributed by atoms with Crippen LogP contribution >= 0.6 is 0 Å². The van der Waals surface area contributed by atoms with Gasteiger partial charge in [-0.15, -0.1) is 0 Å². The average molecular weight is 202 g/mol. The quantitative estimate of drug-likeness (QED) is 0.762. The average Bonchev–Trinajstić information content (AvgIpc) is 2.26. The molecule has 0 saturated heterocycles. The van der Waals surface area contributed by atoms with Gasteiger partial charge < -0.3 is 5.32 Å². The summed E-state index contributed by atoms with van der Waals surface area (Å²) in [5, 5.41) is 3.52. The number of pyridine rings is 1. The summed E-state index contributed by atoms with van der Waals surface area (Å²) < 4.78 is 0. The van der Waals surface area contributed by atoms with Crippen LogP contribution in [0, 0.1) is 0 Å². The normalized spacial score (nSPS) is 19.7. The van der Waals surface area contributed by atoms with Crippen LogP contribution in [-0.4, -0.2) is 11.5 Å². The fourth-order valence-electron chi connectivity index (χ4n) is 2.11. The van der Waals surface area contributed by atoms with Crippen molar-refractivity contribution in [3.63, 3.8) is 0 Å². The lowest BCUT2D eigenvalue weighted by Crippen LogP contribution is -2.27. The highest BCUT2D eigenvalue weighted by molar-refractivity contribution is 5.25. The predicted molar refractivity (Wildman–Crippen MR) is 62.7 cm³/mol. The SMILES string of the molecule is C=C(C)CNC1CCCc2cccnc21. The Morgan fingerprint density at radius 3 is 3.33 bits per heavy atom. The molecule has 0 saturated carbocycles. The molecule has 15 heavy (non-hydrogen) atoms. The van der Waals surface area contributed by atoms with Crippen LogP contribution in [0.2, 0.25) is 0 Å². The van der Waals surface area contributed by atoms with Gasteiger partial charge in [-0.3, -0.25) is 4.98 Å². The van der Waals surface area contributed by atoms with Gasteiger partial charge in [-0.25, -0.2) is 0 Å². The van der Waals surface area contributed by atoms with Gasteiger partial charge in [0.05, 0.1) is 11.7 Å². The first kappa shape index (κ1) is 10.4. The number of aromatic nitrogens is 1. The van der Waals surface area contributed by atoms with Crippen LogP contribution in [0.1, 0.15) is 37.1 Å². The lowest BCUT2D eigenvalue weighted by Gasteiger charge is -2.25. The molecule has 1 aliphatic carbocycles. The summed E-state index contributed by atoms with van der Waals surface area (Å²) in [6.07, 6.45) is 5.51. The highest BCUT2D eigenvalue weighted by Gasteiger charge is 2.20. The van der Waals surface area contributed by atoms with Gasteiger partial charge in [-0.2, -0.15) is 0 Å². The Labute approximate surface area is 91.4 Å². The number of rotatable bonds is 3. The molecule has 0 bridgehead atoms. The highest BCUT2D eigenvalue weighted by Crippen LogP contribution is 2.27. The molecular weight excluding hydrogens is 184 g/mol. The van der Waals surface area contributed by atoms with E-state index in [2.05, 4.69) is 29.9 Å². The van der Waals surface area contributed by atoms with E-state index >= 15 is 0 Å². The Bertz CT molecular complexity index is 357. The van der Waals surface area contributed by atoms with E-state index in [0.29, 0.717) is 6.04 Å². The van der Waals surface area contributed by atoms with Gasteiger partial charge in [0.25, 0.3) is 0 Å². The van der Waals surface area contributed by atoms with E-state index in [9.17, 15) is 0 Å². The summed E-state index contributed by atoms with van der Waals surface area (Å²) in [6, 6.07) is 4.64. The molecule has 0 spiro atoms. The number of fused-ring (bicyclic) bond motifs is 1. The van der Waals surface area contributed by atoms with Gasteiger partial charge in [-0.1, -0.05) is 18.2 Å². The Hall–Kier alpha value is -1.15. The molecular formula is C13H18N2. The molecule has 1 heterocycles. The van der Waals surface area contributed by atoms with Gasteiger partial charge in [0.15, 0.2) is 0 Å². The van der Waals surface area contributed by atoms with E-state index in [-0.39, 0.29) is 0 Å². The Balaban J connectivity index is 2.11. The molecule has 1 aliphatic rings. The van der Waals surface area contributed by atoms with Crippen molar-refractivity contribution in [2.45, 2.75) is 32.2 Å². The zero-order valence-corrected chi connectivity index (χ0v) is 9.29. The zero-order valence-electron chi connectivity index (χ0n) is 9.29. The first-order valence-corrected chi connectivity index (χ1v) is 5.59. The minimum atomic E-state index is 0.423. The highest BCUT2D eigenvalue weighted by atomic mass is 14.9. The number of nitrogens with one attached hydrogen (secondary N) is 1. The number of aryl methyl sites for hydroxylation is 1. The summed E-state index contributed by atoms with van der Waals surface area (Å²) in [7, 11) is 0. The van der Waals surface area contributed by atoms with Crippen LogP contribution in [0.5, 0.6) is 0 Å². The van der Waals surface area contributed by atoms with Crippen molar-refractivity contribution in [3.8, 4) is 0 Å². The van der Waals surface area contributed by atoms with E-state index in [0.717, 1.165) is 6.54 Å². The van der Waals surface area contributed by atoms with Crippen molar-refractivity contribution >= 4 is 0 Å². The molecule has 1 atom stereocenters. The van der Waals surface area contributed by atoms with Crippen molar-refractivity contribution in [3.05, 3.63) is 41.7 Å². The van der Waals surface area contributed by atoms with E-state index in [1.807, 2.05) is 12.3 Å². The lowest BCUT2D eigenvalue weighted by atomic mass is 9.92. The van der Waals surface area contributed by atoms with Crippen molar-refractivity contribution in [1.29, 1.82) is 0 Å². The van der Waals surface area contributed by atoms with Crippen molar-refractivity contribution < 1.29 is 0 Å². The molecule has 0 amide bonds. The monoisotopic (exact) mass is 202 g/mol. The maximum atomic E-state index is 4.49. The van der Waals surface area contributed by atoms with Crippen LogP contribution < -0.4 is 5.32 Å². The zero-order chi connectivity index (χ0) is 10.7. The van der Waals surface area contributed by atoms with Crippen LogP contribution in [0.15, 0.2) is 30.5 Å². The second kappa shape index (κ2) is 4.58. The van der Waals surface area contributed by atoms with Crippen molar-refractivity contribution in [2.24, 2.45) is 0 Å². The van der Waals surface area contributed by atoms with Crippen LogP contribution in [-0.2, 0) is 6.42 Å². The molecule has 0 fully saturated rings. The molecule has 80 valence electrons. The van der Waals surface area contributed by atoms with Crippen molar-refractivity contribution in [2.75, 3.05) is 6.54 Å². The van der Waals surface area contributed by atoms with E-state index in [4.69, 9.17) is 0 Å². The molecule has 1 unspecified atom stereocenters. The topological polar surface area (TPSA) is 24.9 Å². The minimum absolute atomic E-state index is 0.423. The first-order chi connectivity index (χ1) is 7.27. The predicted octanol–water partition coefficient (Wildman–Crippen LogP) is 2.62. The van der Waals surface area contributed by atoms with Gasteiger partial charge >= 0.3 is 0 Å². The third-order valence-corrected chi connectivity index (χ3v) is 2.85. The molecule has 0 aromatic carbocycles. The third kappa shape index (κ3) is 2.45. The molecule has 1 N–H and O–H groups in total. The van der Waals surface area contributed by atoms with Gasteiger partial charge in [-0.05, 0) is 37.8 Å². The molecule has 0 radical (unpaired) electrons. The fourth-order valence-corrected chi connectivity index (χ4v) is 2.11. The second-order valence-corrected chi connectivity index (χ2v) is 4.33. The minimum Gasteiger partial charge on any atom is -0.305 e. The lowest BCUT2D eigenvalue weighted by molar-refractivity contribution is 0.464. The Kier molecular flexibility index (Phi) is 3.17. The van der Waals surface area contributed by atoms with Crippen LogP contribution in [0.3, 0.4) is 0 Å². The van der Waals surface area contributed by atoms with E-state index in [1.54, 1.807) is 0 Å². The Morgan fingerprint density at radius 2 is 2.53 bits per heavy atom. The molecule has 1 aromatic rings. The largest absolute Gasteiger partial charge is 0.305 e. The summed E-state index contributed by atoms with van der Waals surface area (Å²) in [5.41, 5.74) is 3.83. The molecule has 2 rings (SSSR count). The smallest absolute Gasteiger partial charge is 0.0605 e. The molecule has 2 nitrogen and oxygen atoms in total. The summed E-state index contributed by atoms with van der Waals surface area (Å²) in [5.74, 6) is 0. The van der Waals surface area contributed by atoms with Gasteiger partial charge in [0, 0.05) is 12.7 Å². The van der Waals surface area contributed by atoms with Gasteiger partial charge in [0.1, 0.15) is 0 Å². The maximum absolute atomic E-state index is 4.49. The van der Waals surface area contributed by atoms with Crippen LogP contribution in [0.25, 0.3) is 0 Å². The Morgan fingerprint density at radius 1 is 1.67 bits per heavy atom. The molecule has 0 aliphatic heterocycles. The van der Waals surface area contributed by atoms with E-state index in [1.165, 1.54) is 36.1 Å². The van der Waals surface area contributed by atoms with Crippen LogP contribution in [0.4, 0.5) is 0 Å². The maximum Gasteiger partial charge on any atom is 0.0605 e. The standard InChI is InChI=1S/C13H18N2/c1-10(2)9-15-12-7-3-5-11-6-4-8-14-13(11)12/h4,6,8,12,15H,1,3,5,7,9H2,2H3. The summed E-state index contributed by atoms with van der Waals surface area (Å²) >= 11 is 0. The summed E-state index contributed by atoms with van der Waals surface area (Å²) in [4.78, 5) is 4.49. The number of hydrogen-bond donors (Lipinski definition) is 1. The second-order valence-electron chi connectivity index (χ2n) is 4.33. The van der Waals surface area contributed by atoms with Crippen molar-refractivity contribution in [1.82, 2.24) is 10.3 Å². The van der Waals surface area contributed by atoms with E-state index < -0.39 is 0 Å². The van der Waals surface area contributed by atoms with Gasteiger partial charge in [0.2, 0.25) is 0 Å². The molecule has 2 heteroatoms. The molecule has 1 aromatic heterocycles. The summed E-state index contributed by atoms with van der Waals surface area (Å²) in [6.45, 7) is 6.85. The number of hydrogen-bond acceptors (Lipinski definition) is 2.